The van der Waals surface area contributed by atoms with E-state index >= 15 is 0 Å². The normalized spacial score (nSPS) is 19.1. The third-order valence-corrected chi connectivity index (χ3v) is 3.95. The molecule has 0 aromatic heterocycles. The smallest absolute Gasteiger partial charge is 0.211 e. The number of nitrogens with one attached hydrogen (secondary N) is 3. The van der Waals surface area contributed by atoms with Gasteiger partial charge in [-0.2, -0.15) is 0 Å². The van der Waals surface area contributed by atoms with Crippen LogP contribution in [-0.2, 0) is 4.79 Å². The van der Waals surface area contributed by atoms with E-state index in [0.717, 1.165) is 31.7 Å². The van der Waals surface area contributed by atoms with Crippen LogP contribution in [0, 0.1) is 5.92 Å². The molecule has 2 heterocycles. The van der Waals surface area contributed by atoms with Gasteiger partial charge in [0.2, 0.25) is 6.41 Å². The highest BCUT2D eigenvalue weighted by Crippen LogP contribution is 2.37. The highest BCUT2D eigenvalue weighted by atomic mass is 16.1. The largest absolute Gasteiger partial charge is 0.381 e. The van der Waals surface area contributed by atoms with Gasteiger partial charge in [-0.25, -0.2) is 0 Å². The third kappa shape index (κ3) is 2.49. The minimum atomic E-state index is 0.633. The monoisotopic (exact) mass is 257 g/mol. The van der Waals surface area contributed by atoms with Crippen LogP contribution in [0.1, 0.15) is 18.4 Å². The summed E-state index contributed by atoms with van der Waals surface area (Å²) in [4.78, 5) is 10.6. The number of rotatable bonds is 3. The van der Waals surface area contributed by atoms with E-state index in [2.05, 4.69) is 34.2 Å². The van der Waals surface area contributed by atoms with Crippen molar-refractivity contribution in [3.8, 4) is 0 Å². The number of anilines is 2. The molecule has 0 spiro atoms. The molecule has 4 heteroatoms. The Morgan fingerprint density at radius 2 is 2.11 bits per heavy atom. The zero-order chi connectivity index (χ0) is 13.1. The van der Waals surface area contributed by atoms with Crippen LogP contribution in [0.5, 0.6) is 0 Å². The predicted molar refractivity (Wildman–Crippen MR) is 78.2 cm³/mol. The minimum absolute atomic E-state index is 0.633. The van der Waals surface area contributed by atoms with Gasteiger partial charge in [0.15, 0.2) is 0 Å². The fourth-order valence-electron chi connectivity index (χ4n) is 3.00. The van der Waals surface area contributed by atoms with Gasteiger partial charge in [0.05, 0.1) is 0 Å². The first-order chi connectivity index (χ1) is 9.38. The van der Waals surface area contributed by atoms with Crippen molar-refractivity contribution in [2.75, 3.05) is 30.3 Å². The average molecular weight is 257 g/mol. The van der Waals surface area contributed by atoms with Gasteiger partial charge >= 0.3 is 0 Å². The maximum atomic E-state index is 10.6. The Labute approximate surface area is 113 Å². The lowest BCUT2D eigenvalue weighted by Gasteiger charge is -2.29. The molecule has 2 aliphatic rings. The fraction of sp³-hybridized carbons (Fsp3) is 0.400. The van der Waals surface area contributed by atoms with E-state index in [-0.39, 0.29) is 0 Å². The number of hydrogen-bond donors (Lipinski definition) is 3. The molecule has 3 N–H and O–H groups in total. The van der Waals surface area contributed by atoms with Crippen LogP contribution in [0.25, 0.3) is 5.57 Å². The number of carbonyl (C=O) groups is 1. The van der Waals surface area contributed by atoms with Crippen LogP contribution >= 0.6 is 0 Å². The van der Waals surface area contributed by atoms with Crippen LogP contribution in [0.4, 0.5) is 11.4 Å². The molecule has 1 fully saturated rings. The Morgan fingerprint density at radius 3 is 2.89 bits per heavy atom. The summed E-state index contributed by atoms with van der Waals surface area (Å²) in [5.74, 6) is 0.633. The van der Waals surface area contributed by atoms with Gasteiger partial charge in [0.1, 0.15) is 0 Å². The Balaban J connectivity index is 1.92. The predicted octanol–water partition coefficient (Wildman–Crippen LogP) is 2.06. The van der Waals surface area contributed by atoms with Gasteiger partial charge in [0, 0.05) is 23.5 Å². The number of amides is 1. The molecule has 19 heavy (non-hydrogen) atoms. The molecule has 0 radical (unpaired) electrons. The fourth-order valence-corrected chi connectivity index (χ4v) is 3.00. The first-order valence-electron chi connectivity index (χ1n) is 6.88. The van der Waals surface area contributed by atoms with Crippen LogP contribution in [0.3, 0.4) is 0 Å². The van der Waals surface area contributed by atoms with Crippen molar-refractivity contribution in [3.63, 3.8) is 0 Å². The summed E-state index contributed by atoms with van der Waals surface area (Å²) in [6.45, 7) is 3.08. The summed E-state index contributed by atoms with van der Waals surface area (Å²) in [6, 6.07) is 6.06. The zero-order valence-electron chi connectivity index (χ0n) is 10.9. The Hall–Kier alpha value is -1.81. The van der Waals surface area contributed by atoms with Gasteiger partial charge in [-0.15, -0.1) is 0 Å². The number of allylic oxidation sites excluding steroid dienone is 1. The van der Waals surface area contributed by atoms with E-state index in [0.29, 0.717) is 5.92 Å². The van der Waals surface area contributed by atoms with Crippen molar-refractivity contribution in [1.82, 2.24) is 5.32 Å². The third-order valence-electron chi connectivity index (χ3n) is 3.95. The van der Waals surface area contributed by atoms with Crippen LogP contribution in [0.2, 0.25) is 0 Å². The van der Waals surface area contributed by atoms with Crippen molar-refractivity contribution in [2.24, 2.45) is 5.92 Å². The highest BCUT2D eigenvalue weighted by Gasteiger charge is 2.22. The van der Waals surface area contributed by atoms with E-state index < -0.39 is 0 Å². The van der Waals surface area contributed by atoms with Gasteiger partial charge < -0.3 is 16.0 Å². The summed E-state index contributed by atoms with van der Waals surface area (Å²) in [6.07, 6.45) is 5.40. The second-order valence-corrected chi connectivity index (χ2v) is 5.09. The number of benzene rings is 1. The molecule has 0 unspecified atom stereocenters. The summed E-state index contributed by atoms with van der Waals surface area (Å²) >= 11 is 0. The van der Waals surface area contributed by atoms with E-state index in [4.69, 9.17) is 0 Å². The summed E-state index contributed by atoms with van der Waals surface area (Å²) in [7, 11) is 0. The van der Waals surface area contributed by atoms with E-state index in [1.54, 1.807) is 0 Å². The summed E-state index contributed by atoms with van der Waals surface area (Å²) < 4.78 is 0. The standard InChI is InChI=1S/C15H19N3O/c19-10-18-12-1-2-15-14(9-12)13(5-8-17-15)11-3-6-16-7-4-11/h1-2,5,9-11,16-17H,3-4,6-8H2,(H,18,19). The maximum Gasteiger partial charge on any atom is 0.211 e. The molecule has 1 aromatic carbocycles. The Kier molecular flexibility index (Phi) is 3.51. The van der Waals surface area contributed by atoms with Crippen LogP contribution in [0.15, 0.2) is 24.3 Å². The average Bonchev–Trinajstić information content (AvgIpc) is 2.48. The number of fused-ring (bicyclic) bond motifs is 1. The molecule has 1 aromatic rings. The second-order valence-electron chi connectivity index (χ2n) is 5.09. The summed E-state index contributed by atoms with van der Waals surface area (Å²) in [5.41, 5.74) is 4.71. The van der Waals surface area contributed by atoms with Gasteiger partial charge in [-0.1, -0.05) is 6.08 Å². The summed E-state index contributed by atoms with van der Waals surface area (Å²) in [5, 5.41) is 9.53. The van der Waals surface area contributed by atoms with Crippen molar-refractivity contribution >= 4 is 23.4 Å². The molecule has 0 aliphatic carbocycles. The van der Waals surface area contributed by atoms with Gasteiger partial charge in [-0.05, 0) is 55.6 Å². The van der Waals surface area contributed by atoms with Crippen LogP contribution in [-0.4, -0.2) is 26.0 Å². The van der Waals surface area contributed by atoms with Crippen LogP contribution < -0.4 is 16.0 Å². The highest BCUT2D eigenvalue weighted by molar-refractivity contribution is 5.84. The maximum absolute atomic E-state index is 10.6. The molecule has 3 rings (SSSR count). The molecule has 1 amide bonds. The molecule has 4 nitrogen and oxygen atoms in total. The first-order valence-corrected chi connectivity index (χ1v) is 6.88. The molecule has 0 bridgehead atoms. The molecule has 1 saturated heterocycles. The molecule has 100 valence electrons. The second kappa shape index (κ2) is 5.45. The van der Waals surface area contributed by atoms with E-state index in [9.17, 15) is 4.79 Å². The Morgan fingerprint density at radius 1 is 1.26 bits per heavy atom. The molecular formula is C15H19N3O. The zero-order valence-corrected chi connectivity index (χ0v) is 10.9. The number of carbonyl (C=O) groups excluding carboxylic acids is 1. The number of hydrogen-bond acceptors (Lipinski definition) is 3. The Bertz CT molecular complexity index is 504. The molecule has 0 saturated carbocycles. The minimum Gasteiger partial charge on any atom is -0.381 e. The molecule has 0 atom stereocenters. The topological polar surface area (TPSA) is 53.2 Å². The first kappa shape index (κ1) is 12.2. The number of piperidine rings is 1. The SMILES string of the molecule is O=CNc1ccc2c(c1)C(C1CCNCC1)=CCN2. The van der Waals surface area contributed by atoms with Gasteiger partial charge in [0.25, 0.3) is 0 Å². The molecular weight excluding hydrogens is 238 g/mol. The van der Waals surface area contributed by atoms with Crippen molar-refractivity contribution in [1.29, 1.82) is 0 Å². The van der Waals surface area contributed by atoms with E-state index in [1.807, 2.05) is 6.07 Å². The lowest BCUT2D eigenvalue weighted by atomic mass is 9.83. The quantitative estimate of drug-likeness (QED) is 0.727. The van der Waals surface area contributed by atoms with Gasteiger partial charge in [-0.3, -0.25) is 4.79 Å². The lowest BCUT2D eigenvalue weighted by molar-refractivity contribution is -0.105. The van der Waals surface area contributed by atoms with Crippen molar-refractivity contribution in [3.05, 3.63) is 29.8 Å². The van der Waals surface area contributed by atoms with Crippen molar-refractivity contribution in [2.45, 2.75) is 12.8 Å². The van der Waals surface area contributed by atoms with E-state index in [1.165, 1.54) is 29.7 Å². The lowest BCUT2D eigenvalue weighted by Crippen LogP contribution is -2.29. The molecule has 2 aliphatic heterocycles. The van der Waals surface area contributed by atoms with Crippen molar-refractivity contribution < 1.29 is 4.79 Å².